The van der Waals surface area contributed by atoms with Crippen molar-refractivity contribution in [2.45, 2.75) is 6.42 Å². The largest absolute Gasteiger partial charge is 0.325 e. The van der Waals surface area contributed by atoms with Gasteiger partial charge in [-0.3, -0.25) is 9.78 Å². The van der Waals surface area contributed by atoms with E-state index in [1.807, 2.05) is 12.1 Å². The summed E-state index contributed by atoms with van der Waals surface area (Å²) in [5, 5.41) is 3.44. The van der Waals surface area contributed by atoms with Gasteiger partial charge in [0.1, 0.15) is 0 Å². The maximum Gasteiger partial charge on any atom is 0.228 e. The summed E-state index contributed by atoms with van der Waals surface area (Å²) >= 11 is 9.19. The molecule has 1 heterocycles. The van der Waals surface area contributed by atoms with Crippen LogP contribution in [0.5, 0.6) is 0 Å². The number of aromatic nitrogens is 1. The third kappa shape index (κ3) is 3.55. The van der Waals surface area contributed by atoms with E-state index in [0.29, 0.717) is 10.7 Å². The zero-order valence-corrected chi connectivity index (χ0v) is 11.7. The monoisotopic (exact) mass is 324 g/mol. The lowest BCUT2D eigenvalue weighted by atomic mass is 10.1. The average molecular weight is 326 g/mol. The summed E-state index contributed by atoms with van der Waals surface area (Å²) in [7, 11) is 0. The lowest BCUT2D eigenvalue weighted by Crippen LogP contribution is -2.14. The molecule has 0 atom stereocenters. The normalized spacial score (nSPS) is 10.1. The molecule has 92 valence electrons. The molecule has 5 heteroatoms. The van der Waals surface area contributed by atoms with E-state index in [9.17, 15) is 4.79 Å². The fourth-order valence-electron chi connectivity index (χ4n) is 1.50. The molecule has 2 rings (SSSR count). The van der Waals surface area contributed by atoms with Gasteiger partial charge in [0.2, 0.25) is 5.91 Å². The van der Waals surface area contributed by atoms with Gasteiger partial charge in [-0.15, -0.1) is 0 Å². The van der Waals surface area contributed by atoms with Gasteiger partial charge in [-0.2, -0.15) is 0 Å². The highest BCUT2D eigenvalue weighted by Gasteiger charge is 2.06. The lowest BCUT2D eigenvalue weighted by Gasteiger charge is -2.06. The van der Waals surface area contributed by atoms with Crippen molar-refractivity contribution in [1.82, 2.24) is 4.98 Å². The maximum atomic E-state index is 11.8. The average Bonchev–Trinajstić information content (AvgIpc) is 2.32. The Morgan fingerprint density at radius 2 is 2.22 bits per heavy atom. The standard InChI is InChI=1S/C13H10BrClN2O/c14-11-8-16-5-4-12(11)17-13(18)7-9-2-1-3-10(15)6-9/h1-6,8H,7H2,(H,16,17,18). The number of hydrogen-bond acceptors (Lipinski definition) is 2. The number of nitrogens with zero attached hydrogens (tertiary/aromatic N) is 1. The molecule has 0 aliphatic heterocycles. The Kier molecular flexibility index (Phi) is 4.33. The third-order valence-corrected chi connectivity index (χ3v) is 3.17. The van der Waals surface area contributed by atoms with Gasteiger partial charge in [0.05, 0.1) is 16.6 Å². The Labute approximate surface area is 118 Å². The number of nitrogens with one attached hydrogen (secondary N) is 1. The smallest absolute Gasteiger partial charge is 0.228 e. The van der Waals surface area contributed by atoms with E-state index in [-0.39, 0.29) is 12.3 Å². The summed E-state index contributed by atoms with van der Waals surface area (Å²) in [6.45, 7) is 0. The van der Waals surface area contributed by atoms with Crippen LogP contribution < -0.4 is 5.32 Å². The molecular weight excluding hydrogens is 316 g/mol. The number of carbonyl (C=O) groups is 1. The molecule has 1 aromatic heterocycles. The highest BCUT2D eigenvalue weighted by atomic mass is 79.9. The molecular formula is C13H10BrClN2O. The second-order valence-corrected chi connectivity index (χ2v) is 5.00. The van der Waals surface area contributed by atoms with E-state index in [1.165, 1.54) is 0 Å². The number of halogens is 2. The Hall–Kier alpha value is -1.39. The Bertz CT molecular complexity index is 574. The third-order valence-electron chi connectivity index (χ3n) is 2.30. The Morgan fingerprint density at radius 3 is 2.94 bits per heavy atom. The van der Waals surface area contributed by atoms with E-state index in [2.05, 4.69) is 26.2 Å². The predicted molar refractivity (Wildman–Crippen MR) is 75.7 cm³/mol. The number of anilines is 1. The number of carbonyl (C=O) groups excluding carboxylic acids is 1. The van der Waals surface area contributed by atoms with Crippen molar-refractivity contribution < 1.29 is 4.79 Å². The molecule has 0 spiro atoms. The van der Waals surface area contributed by atoms with Gasteiger partial charge in [-0.25, -0.2) is 0 Å². The zero-order valence-electron chi connectivity index (χ0n) is 9.36. The van der Waals surface area contributed by atoms with Crippen LogP contribution in [0.15, 0.2) is 47.2 Å². The number of rotatable bonds is 3. The van der Waals surface area contributed by atoms with Gasteiger partial charge in [-0.1, -0.05) is 23.7 Å². The van der Waals surface area contributed by atoms with Crippen LogP contribution in [-0.2, 0) is 11.2 Å². The van der Waals surface area contributed by atoms with Gasteiger partial charge < -0.3 is 5.32 Å². The molecule has 0 aliphatic carbocycles. The summed E-state index contributed by atoms with van der Waals surface area (Å²) in [6.07, 6.45) is 3.55. The molecule has 2 aromatic rings. The predicted octanol–water partition coefficient (Wildman–Crippen LogP) is 3.68. The summed E-state index contributed by atoms with van der Waals surface area (Å²) in [5.74, 6) is -0.0934. The molecule has 3 nitrogen and oxygen atoms in total. The minimum atomic E-state index is -0.0934. The molecule has 1 aromatic carbocycles. The van der Waals surface area contributed by atoms with Crippen molar-refractivity contribution in [3.8, 4) is 0 Å². The lowest BCUT2D eigenvalue weighted by molar-refractivity contribution is -0.115. The first-order chi connectivity index (χ1) is 8.65. The van der Waals surface area contributed by atoms with Gasteiger partial charge in [-0.05, 0) is 39.7 Å². The molecule has 0 saturated carbocycles. The van der Waals surface area contributed by atoms with Crippen LogP contribution in [0.4, 0.5) is 5.69 Å². The van der Waals surface area contributed by atoms with E-state index in [1.54, 1.807) is 30.6 Å². The van der Waals surface area contributed by atoms with Crippen LogP contribution in [0.25, 0.3) is 0 Å². The SMILES string of the molecule is O=C(Cc1cccc(Cl)c1)Nc1ccncc1Br. The van der Waals surface area contributed by atoms with E-state index < -0.39 is 0 Å². The number of pyridine rings is 1. The van der Waals surface area contributed by atoms with Gasteiger partial charge in [0.15, 0.2) is 0 Å². The van der Waals surface area contributed by atoms with Crippen molar-refractivity contribution in [2.24, 2.45) is 0 Å². The van der Waals surface area contributed by atoms with Gasteiger partial charge >= 0.3 is 0 Å². The minimum absolute atomic E-state index is 0.0934. The number of benzene rings is 1. The van der Waals surface area contributed by atoms with Crippen molar-refractivity contribution >= 4 is 39.1 Å². The highest BCUT2D eigenvalue weighted by molar-refractivity contribution is 9.10. The Balaban J connectivity index is 2.03. The summed E-state index contributed by atoms with van der Waals surface area (Å²) in [4.78, 5) is 15.8. The quantitative estimate of drug-likeness (QED) is 0.935. The van der Waals surface area contributed by atoms with E-state index in [4.69, 9.17) is 11.6 Å². The molecule has 0 fully saturated rings. The topological polar surface area (TPSA) is 42.0 Å². The zero-order chi connectivity index (χ0) is 13.0. The van der Waals surface area contributed by atoms with Crippen LogP contribution >= 0.6 is 27.5 Å². The Morgan fingerprint density at radius 1 is 1.39 bits per heavy atom. The maximum absolute atomic E-state index is 11.8. The molecule has 0 radical (unpaired) electrons. The van der Waals surface area contributed by atoms with Crippen LogP contribution in [0.2, 0.25) is 5.02 Å². The molecule has 1 amide bonds. The molecule has 0 unspecified atom stereocenters. The van der Waals surface area contributed by atoms with Crippen molar-refractivity contribution in [1.29, 1.82) is 0 Å². The van der Waals surface area contributed by atoms with Crippen molar-refractivity contribution in [2.75, 3.05) is 5.32 Å². The van der Waals surface area contributed by atoms with Crippen LogP contribution in [0, 0.1) is 0 Å². The van der Waals surface area contributed by atoms with Gasteiger partial charge in [0, 0.05) is 17.4 Å². The van der Waals surface area contributed by atoms with Crippen LogP contribution in [0.3, 0.4) is 0 Å². The molecule has 1 N–H and O–H groups in total. The van der Waals surface area contributed by atoms with Crippen molar-refractivity contribution in [3.05, 3.63) is 57.8 Å². The fraction of sp³-hybridized carbons (Fsp3) is 0.0769. The van der Waals surface area contributed by atoms with Crippen LogP contribution in [0.1, 0.15) is 5.56 Å². The molecule has 18 heavy (non-hydrogen) atoms. The molecule has 0 saturated heterocycles. The first-order valence-electron chi connectivity index (χ1n) is 5.29. The van der Waals surface area contributed by atoms with Gasteiger partial charge in [0.25, 0.3) is 0 Å². The second-order valence-electron chi connectivity index (χ2n) is 3.71. The molecule has 0 bridgehead atoms. The van der Waals surface area contributed by atoms with E-state index >= 15 is 0 Å². The summed E-state index contributed by atoms with van der Waals surface area (Å²) < 4.78 is 0.754. The first-order valence-corrected chi connectivity index (χ1v) is 6.46. The summed E-state index contributed by atoms with van der Waals surface area (Å²) in [5.41, 5.74) is 1.59. The number of amides is 1. The first kappa shape index (κ1) is 13.1. The highest BCUT2D eigenvalue weighted by Crippen LogP contribution is 2.20. The summed E-state index contributed by atoms with van der Waals surface area (Å²) in [6, 6.07) is 8.99. The second kappa shape index (κ2) is 5.98. The van der Waals surface area contributed by atoms with Crippen LogP contribution in [-0.4, -0.2) is 10.9 Å². The van der Waals surface area contributed by atoms with E-state index in [0.717, 1.165) is 10.0 Å². The number of hydrogen-bond donors (Lipinski definition) is 1. The molecule has 0 aliphatic rings. The van der Waals surface area contributed by atoms with Crippen molar-refractivity contribution in [3.63, 3.8) is 0 Å². The fourth-order valence-corrected chi connectivity index (χ4v) is 2.07. The minimum Gasteiger partial charge on any atom is -0.325 e.